The average molecular weight is 276 g/mol. The molecule has 20 heavy (non-hydrogen) atoms. The van der Waals surface area contributed by atoms with E-state index in [1.165, 1.54) is 0 Å². The summed E-state index contributed by atoms with van der Waals surface area (Å²) in [5.74, 6) is 0.278. The molecule has 0 aromatic heterocycles. The number of hydrogen-bond donors (Lipinski definition) is 2. The van der Waals surface area contributed by atoms with Crippen LogP contribution in [-0.4, -0.2) is 18.4 Å². The van der Waals surface area contributed by atoms with E-state index in [1.807, 2.05) is 6.07 Å². The molecule has 1 unspecified atom stereocenters. The van der Waals surface area contributed by atoms with Crippen LogP contribution < -0.4 is 15.8 Å². The fraction of sp³-hybridized carbons (Fsp3) is 0.467. The summed E-state index contributed by atoms with van der Waals surface area (Å²) in [5, 5.41) is 2.35. The molecule has 1 saturated heterocycles. The van der Waals surface area contributed by atoms with Gasteiger partial charge in [-0.3, -0.25) is 14.9 Å². The van der Waals surface area contributed by atoms with Crippen molar-refractivity contribution in [2.75, 3.05) is 12.3 Å². The third kappa shape index (κ3) is 3.29. The van der Waals surface area contributed by atoms with Gasteiger partial charge >= 0.3 is 0 Å². The molecule has 2 amide bonds. The van der Waals surface area contributed by atoms with Crippen LogP contribution in [0.4, 0.5) is 5.69 Å². The Balaban J connectivity index is 2.12. The first-order valence-electron chi connectivity index (χ1n) is 6.83. The zero-order valence-corrected chi connectivity index (χ0v) is 11.8. The molecule has 0 spiro atoms. The topological polar surface area (TPSA) is 81.4 Å². The number of benzene rings is 1. The van der Waals surface area contributed by atoms with Gasteiger partial charge in [-0.15, -0.1) is 0 Å². The molecule has 1 aliphatic heterocycles. The molecule has 0 saturated carbocycles. The van der Waals surface area contributed by atoms with Gasteiger partial charge < -0.3 is 10.5 Å². The second kappa shape index (κ2) is 5.94. The van der Waals surface area contributed by atoms with E-state index < -0.39 is 0 Å². The standard InChI is InChI=1S/C15H20N2O3/c1-9(2)8-20-13-5-3-10(7-12(13)16)11-4-6-14(18)17-15(11)19/h3,5,7,9,11H,4,6,8,16H2,1-2H3,(H,17,18,19). The molecule has 1 fully saturated rings. The molecule has 1 heterocycles. The van der Waals surface area contributed by atoms with E-state index in [2.05, 4.69) is 19.2 Å². The molecule has 0 radical (unpaired) electrons. The number of hydrogen-bond acceptors (Lipinski definition) is 4. The summed E-state index contributed by atoms with van der Waals surface area (Å²) in [6.07, 6.45) is 0.887. The Morgan fingerprint density at radius 3 is 2.75 bits per heavy atom. The van der Waals surface area contributed by atoms with Gasteiger partial charge in [0.2, 0.25) is 11.8 Å². The van der Waals surface area contributed by atoms with Gasteiger partial charge in [-0.05, 0) is 30.0 Å². The third-order valence-corrected chi connectivity index (χ3v) is 3.25. The van der Waals surface area contributed by atoms with Crippen molar-refractivity contribution >= 4 is 17.5 Å². The summed E-state index contributed by atoms with van der Waals surface area (Å²) in [4.78, 5) is 23.0. The first-order chi connectivity index (χ1) is 9.47. The molecule has 5 nitrogen and oxygen atoms in total. The minimum Gasteiger partial charge on any atom is -0.491 e. The minimum absolute atomic E-state index is 0.212. The zero-order chi connectivity index (χ0) is 14.7. The van der Waals surface area contributed by atoms with E-state index in [1.54, 1.807) is 12.1 Å². The maximum Gasteiger partial charge on any atom is 0.234 e. The third-order valence-electron chi connectivity index (χ3n) is 3.25. The molecule has 1 atom stereocenters. The van der Waals surface area contributed by atoms with Gasteiger partial charge in [0, 0.05) is 6.42 Å². The SMILES string of the molecule is CC(C)COc1ccc(C2CCC(=O)NC2=O)cc1N. The normalized spacial score (nSPS) is 19.1. The molecule has 1 aromatic carbocycles. The lowest BCUT2D eigenvalue weighted by molar-refractivity contribution is -0.134. The predicted octanol–water partition coefficient (Wildman–Crippen LogP) is 1.82. The van der Waals surface area contributed by atoms with Crippen LogP contribution in [0.1, 0.15) is 38.2 Å². The van der Waals surface area contributed by atoms with Crippen LogP contribution in [0.15, 0.2) is 18.2 Å². The van der Waals surface area contributed by atoms with Gasteiger partial charge in [0.25, 0.3) is 0 Å². The number of carbonyl (C=O) groups is 2. The van der Waals surface area contributed by atoms with E-state index in [-0.39, 0.29) is 17.7 Å². The summed E-state index contributed by atoms with van der Waals surface area (Å²) in [7, 11) is 0. The summed E-state index contributed by atoms with van der Waals surface area (Å²) in [5.41, 5.74) is 7.31. The van der Waals surface area contributed by atoms with Crippen LogP contribution in [0.3, 0.4) is 0 Å². The lowest BCUT2D eigenvalue weighted by Crippen LogP contribution is -2.39. The second-order valence-electron chi connectivity index (χ2n) is 5.51. The number of imide groups is 1. The number of piperidine rings is 1. The Morgan fingerprint density at radius 2 is 2.15 bits per heavy atom. The van der Waals surface area contributed by atoms with Crippen LogP contribution in [0.5, 0.6) is 5.75 Å². The van der Waals surface area contributed by atoms with Crippen LogP contribution in [-0.2, 0) is 9.59 Å². The molecule has 0 aliphatic carbocycles. The van der Waals surface area contributed by atoms with Crippen LogP contribution >= 0.6 is 0 Å². The first-order valence-corrected chi connectivity index (χ1v) is 6.83. The molecule has 5 heteroatoms. The molecule has 1 aromatic rings. The van der Waals surface area contributed by atoms with Crippen molar-refractivity contribution in [3.05, 3.63) is 23.8 Å². The highest BCUT2D eigenvalue weighted by molar-refractivity contribution is 6.01. The lowest BCUT2D eigenvalue weighted by atomic mass is 9.90. The Bertz CT molecular complexity index is 526. The Hall–Kier alpha value is -2.04. The smallest absolute Gasteiger partial charge is 0.234 e. The molecule has 3 N–H and O–H groups in total. The van der Waals surface area contributed by atoms with Crippen molar-refractivity contribution in [2.45, 2.75) is 32.6 Å². The second-order valence-corrected chi connectivity index (χ2v) is 5.51. The lowest BCUT2D eigenvalue weighted by Gasteiger charge is -2.22. The highest BCUT2D eigenvalue weighted by Gasteiger charge is 2.28. The zero-order valence-electron chi connectivity index (χ0n) is 11.8. The van der Waals surface area contributed by atoms with Crippen LogP contribution in [0.2, 0.25) is 0 Å². The summed E-state index contributed by atoms with van der Waals surface area (Å²) in [6, 6.07) is 5.39. The van der Waals surface area contributed by atoms with Crippen LogP contribution in [0, 0.1) is 5.92 Å². The summed E-state index contributed by atoms with van der Waals surface area (Å²) in [6.45, 7) is 4.73. The number of nitrogen functional groups attached to an aromatic ring is 1. The minimum atomic E-state index is -0.311. The predicted molar refractivity (Wildman–Crippen MR) is 76.3 cm³/mol. The molecule has 108 valence electrons. The summed E-state index contributed by atoms with van der Waals surface area (Å²) >= 11 is 0. The van der Waals surface area contributed by atoms with Gasteiger partial charge in [0.1, 0.15) is 5.75 Å². The van der Waals surface area contributed by atoms with Crippen LogP contribution in [0.25, 0.3) is 0 Å². The number of amides is 2. The van der Waals surface area contributed by atoms with Crippen molar-refractivity contribution in [3.8, 4) is 5.75 Å². The van der Waals surface area contributed by atoms with E-state index in [4.69, 9.17) is 10.5 Å². The maximum absolute atomic E-state index is 11.8. The summed E-state index contributed by atoms with van der Waals surface area (Å²) < 4.78 is 5.60. The number of nitrogens with one attached hydrogen (secondary N) is 1. The maximum atomic E-state index is 11.8. The Labute approximate surface area is 118 Å². The largest absolute Gasteiger partial charge is 0.491 e. The molecule has 1 aliphatic rings. The number of nitrogens with two attached hydrogens (primary N) is 1. The van der Waals surface area contributed by atoms with E-state index in [0.717, 1.165) is 5.56 Å². The van der Waals surface area contributed by atoms with Gasteiger partial charge in [0.05, 0.1) is 18.2 Å². The molecule has 2 rings (SSSR count). The van der Waals surface area contributed by atoms with Gasteiger partial charge in [-0.2, -0.15) is 0 Å². The van der Waals surface area contributed by atoms with Gasteiger partial charge in [-0.25, -0.2) is 0 Å². The highest BCUT2D eigenvalue weighted by atomic mass is 16.5. The molecule has 0 bridgehead atoms. The number of anilines is 1. The molecular formula is C15H20N2O3. The van der Waals surface area contributed by atoms with Gasteiger partial charge in [0.15, 0.2) is 0 Å². The first kappa shape index (κ1) is 14.4. The number of rotatable bonds is 4. The average Bonchev–Trinajstić information content (AvgIpc) is 2.37. The monoisotopic (exact) mass is 276 g/mol. The fourth-order valence-electron chi connectivity index (χ4n) is 2.18. The van der Waals surface area contributed by atoms with Crippen molar-refractivity contribution in [2.24, 2.45) is 5.92 Å². The Kier molecular flexibility index (Phi) is 4.27. The van der Waals surface area contributed by atoms with Crippen molar-refractivity contribution in [1.82, 2.24) is 5.32 Å². The fourth-order valence-corrected chi connectivity index (χ4v) is 2.18. The van der Waals surface area contributed by atoms with E-state index in [9.17, 15) is 9.59 Å². The van der Waals surface area contributed by atoms with Crippen molar-refractivity contribution in [1.29, 1.82) is 0 Å². The van der Waals surface area contributed by atoms with E-state index in [0.29, 0.717) is 36.8 Å². The quantitative estimate of drug-likeness (QED) is 0.649. The Morgan fingerprint density at radius 1 is 1.40 bits per heavy atom. The van der Waals surface area contributed by atoms with Crippen molar-refractivity contribution in [3.63, 3.8) is 0 Å². The van der Waals surface area contributed by atoms with Gasteiger partial charge in [-0.1, -0.05) is 19.9 Å². The van der Waals surface area contributed by atoms with Crippen molar-refractivity contribution < 1.29 is 14.3 Å². The molecular weight excluding hydrogens is 256 g/mol. The number of carbonyl (C=O) groups excluding carboxylic acids is 2. The number of ether oxygens (including phenoxy) is 1. The highest BCUT2D eigenvalue weighted by Crippen LogP contribution is 2.30. The van der Waals surface area contributed by atoms with E-state index >= 15 is 0 Å².